The van der Waals surface area contributed by atoms with Crippen molar-refractivity contribution < 1.29 is 27.9 Å². The van der Waals surface area contributed by atoms with Crippen LogP contribution in [0.2, 0.25) is 0 Å². The van der Waals surface area contributed by atoms with E-state index in [1.54, 1.807) is 0 Å². The maximum atomic E-state index is 12.4. The van der Waals surface area contributed by atoms with E-state index in [0.29, 0.717) is 4.47 Å². The van der Waals surface area contributed by atoms with E-state index in [4.69, 9.17) is 5.11 Å². The number of carbonyl (C=O) groups excluding carboxylic acids is 1. The number of aliphatic carboxylic acids is 1. The first kappa shape index (κ1) is 17.6. The fourth-order valence-electron chi connectivity index (χ4n) is 1.48. The standard InChI is InChI=1S/C12H14BrNO6S/c1-7(11(15)16)14(2)21(18,19)10-5-8(12(17)20-3)4-9(13)6-10/h4-7H,1-3H3,(H,15,16). The van der Waals surface area contributed by atoms with E-state index in [1.165, 1.54) is 26.2 Å². The fourth-order valence-corrected chi connectivity index (χ4v) is 3.51. The van der Waals surface area contributed by atoms with E-state index in [1.807, 2.05) is 0 Å². The van der Waals surface area contributed by atoms with Crippen LogP contribution in [-0.2, 0) is 19.6 Å². The molecular formula is C12H14BrNO6S. The fraction of sp³-hybridized carbons (Fsp3) is 0.333. The first-order valence-corrected chi connectivity index (χ1v) is 7.94. The van der Waals surface area contributed by atoms with Gasteiger partial charge in [0, 0.05) is 11.5 Å². The van der Waals surface area contributed by atoms with Crippen LogP contribution in [0.4, 0.5) is 0 Å². The van der Waals surface area contributed by atoms with Crippen molar-refractivity contribution in [2.45, 2.75) is 17.9 Å². The van der Waals surface area contributed by atoms with E-state index in [2.05, 4.69) is 20.7 Å². The molecule has 0 spiro atoms. The molecule has 0 radical (unpaired) electrons. The molecule has 0 bridgehead atoms. The number of carboxylic acid groups (broad SMARTS) is 1. The number of rotatable bonds is 5. The van der Waals surface area contributed by atoms with Crippen molar-refractivity contribution in [3.8, 4) is 0 Å². The van der Waals surface area contributed by atoms with Crippen LogP contribution in [0.3, 0.4) is 0 Å². The van der Waals surface area contributed by atoms with E-state index in [-0.39, 0.29) is 10.5 Å². The lowest BCUT2D eigenvalue weighted by atomic mass is 10.2. The Hall–Kier alpha value is -1.45. The Morgan fingerprint density at radius 2 is 1.90 bits per heavy atom. The van der Waals surface area contributed by atoms with Crippen molar-refractivity contribution in [3.63, 3.8) is 0 Å². The molecule has 0 aliphatic heterocycles. The predicted molar refractivity (Wildman–Crippen MR) is 77.5 cm³/mol. The van der Waals surface area contributed by atoms with Crippen LogP contribution >= 0.6 is 15.9 Å². The van der Waals surface area contributed by atoms with Gasteiger partial charge in [0.25, 0.3) is 0 Å². The van der Waals surface area contributed by atoms with Crippen molar-refractivity contribution in [1.82, 2.24) is 4.31 Å². The van der Waals surface area contributed by atoms with Crippen molar-refractivity contribution >= 4 is 37.9 Å². The van der Waals surface area contributed by atoms with Gasteiger partial charge in [-0.05, 0) is 25.1 Å². The summed E-state index contributed by atoms with van der Waals surface area (Å²) in [6.07, 6.45) is 0. The molecule has 1 unspecified atom stereocenters. The summed E-state index contributed by atoms with van der Waals surface area (Å²) in [6.45, 7) is 1.25. The van der Waals surface area contributed by atoms with Gasteiger partial charge in [-0.15, -0.1) is 0 Å². The molecule has 1 atom stereocenters. The molecule has 1 aromatic rings. The number of halogens is 1. The Bertz CT molecular complexity index is 672. The summed E-state index contributed by atoms with van der Waals surface area (Å²) >= 11 is 3.11. The van der Waals surface area contributed by atoms with Crippen LogP contribution in [0.1, 0.15) is 17.3 Å². The summed E-state index contributed by atoms with van der Waals surface area (Å²) in [5.41, 5.74) is 0.0434. The number of hydrogen-bond acceptors (Lipinski definition) is 5. The van der Waals surface area contributed by atoms with Gasteiger partial charge in [-0.3, -0.25) is 4.79 Å². The zero-order valence-electron chi connectivity index (χ0n) is 11.5. The van der Waals surface area contributed by atoms with Crippen LogP contribution in [0.5, 0.6) is 0 Å². The van der Waals surface area contributed by atoms with Gasteiger partial charge in [0.05, 0.1) is 17.6 Å². The van der Waals surface area contributed by atoms with Crippen molar-refractivity contribution in [3.05, 3.63) is 28.2 Å². The number of likely N-dealkylation sites (N-methyl/N-ethyl adjacent to an activating group) is 1. The molecule has 0 aliphatic carbocycles. The molecule has 0 amide bonds. The molecule has 0 saturated heterocycles. The van der Waals surface area contributed by atoms with Crippen molar-refractivity contribution in [2.24, 2.45) is 0 Å². The molecule has 1 aromatic carbocycles. The lowest BCUT2D eigenvalue weighted by Crippen LogP contribution is -2.40. The number of hydrogen-bond donors (Lipinski definition) is 1. The highest BCUT2D eigenvalue weighted by Crippen LogP contribution is 2.23. The number of benzene rings is 1. The SMILES string of the molecule is COC(=O)c1cc(Br)cc(S(=O)(=O)N(C)C(C)C(=O)O)c1. The molecule has 0 fully saturated rings. The van der Waals surface area contributed by atoms with Gasteiger partial charge in [0.1, 0.15) is 6.04 Å². The molecule has 1 N–H and O–H groups in total. The zero-order chi connectivity index (χ0) is 16.4. The summed E-state index contributed by atoms with van der Waals surface area (Å²) in [5, 5.41) is 8.91. The van der Waals surface area contributed by atoms with Gasteiger partial charge < -0.3 is 9.84 Å². The number of ether oxygens (including phenoxy) is 1. The predicted octanol–water partition coefficient (Wildman–Crippen LogP) is 1.33. The van der Waals surface area contributed by atoms with E-state index in [9.17, 15) is 18.0 Å². The largest absolute Gasteiger partial charge is 0.480 e. The smallest absolute Gasteiger partial charge is 0.337 e. The highest BCUT2D eigenvalue weighted by Gasteiger charge is 2.30. The zero-order valence-corrected chi connectivity index (χ0v) is 13.9. The third-order valence-electron chi connectivity index (χ3n) is 2.87. The van der Waals surface area contributed by atoms with E-state index in [0.717, 1.165) is 17.4 Å². The highest BCUT2D eigenvalue weighted by molar-refractivity contribution is 9.10. The van der Waals surface area contributed by atoms with E-state index >= 15 is 0 Å². The third-order valence-corrected chi connectivity index (χ3v) is 5.24. The first-order valence-electron chi connectivity index (χ1n) is 5.71. The average Bonchev–Trinajstić information content (AvgIpc) is 2.43. The Morgan fingerprint density at radius 1 is 1.33 bits per heavy atom. The van der Waals surface area contributed by atoms with Gasteiger partial charge in [-0.25, -0.2) is 13.2 Å². The second kappa shape index (κ2) is 6.54. The molecule has 116 valence electrons. The van der Waals surface area contributed by atoms with Gasteiger partial charge >= 0.3 is 11.9 Å². The monoisotopic (exact) mass is 379 g/mol. The number of methoxy groups -OCH3 is 1. The van der Waals surface area contributed by atoms with Crippen molar-refractivity contribution in [1.29, 1.82) is 0 Å². The Kier molecular flexibility index (Phi) is 5.48. The summed E-state index contributed by atoms with van der Waals surface area (Å²) in [7, 11) is -1.72. The van der Waals surface area contributed by atoms with Gasteiger partial charge in [0.15, 0.2) is 0 Å². The molecule has 0 saturated carbocycles. The molecule has 1 rings (SSSR count). The van der Waals surface area contributed by atoms with Crippen molar-refractivity contribution in [2.75, 3.05) is 14.2 Å². The van der Waals surface area contributed by atoms with Gasteiger partial charge in [-0.2, -0.15) is 4.31 Å². The second-order valence-electron chi connectivity index (χ2n) is 4.20. The summed E-state index contributed by atoms with van der Waals surface area (Å²) in [6, 6.07) is 2.59. The number of carbonyl (C=O) groups is 2. The molecule has 0 aliphatic rings. The minimum absolute atomic E-state index is 0.0434. The molecular weight excluding hydrogens is 366 g/mol. The minimum Gasteiger partial charge on any atom is -0.480 e. The summed E-state index contributed by atoms with van der Waals surface area (Å²) in [5.74, 6) is -1.97. The number of sulfonamides is 1. The quantitative estimate of drug-likeness (QED) is 0.774. The maximum Gasteiger partial charge on any atom is 0.337 e. The average molecular weight is 380 g/mol. The molecule has 7 nitrogen and oxygen atoms in total. The number of nitrogens with zero attached hydrogens (tertiary/aromatic N) is 1. The van der Waals surface area contributed by atoms with Crippen LogP contribution in [0.25, 0.3) is 0 Å². The normalized spacial score (nSPS) is 13.0. The minimum atomic E-state index is -4.06. The lowest BCUT2D eigenvalue weighted by Gasteiger charge is -2.21. The van der Waals surface area contributed by atoms with Crippen LogP contribution < -0.4 is 0 Å². The molecule has 21 heavy (non-hydrogen) atoms. The van der Waals surface area contributed by atoms with Gasteiger partial charge in [-0.1, -0.05) is 15.9 Å². The van der Waals surface area contributed by atoms with E-state index < -0.39 is 28.0 Å². The lowest BCUT2D eigenvalue weighted by molar-refractivity contribution is -0.140. The molecule has 0 heterocycles. The number of esters is 1. The Balaban J connectivity index is 3.35. The maximum absolute atomic E-state index is 12.4. The second-order valence-corrected chi connectivity index (χ2v) is 7.12. The van der Waals surface area contributed by atoms with Crippen LogP contribution in [0.15, 0.2) is 27.6 Å². The Morgan fingerprint density at radius 3 is 2.38 bits per heavy atom. The Labute approximate surface area is 130 Å². The van der Waals surface area contributed by atoms with Crippen LogP contribution in [-0.4, -0.2) is 50.0 Å². The first-order chi connectivity index (χ1) is 9.61. The number of carboxylic acids is 1. The molecule has 9 heteroatoms. The summed E-state index contributed by atoms with van der Waals surface area (Å²) < 4.78 is 30.4. The highest BCUT2D eigenvalue weighted by atomic mass is 79.9. The van der Waals surface area contributed by atoms with Gasteiger partial charge in [0.2, 0.25) is 10.0 Å². The molecule has 0 aromatic heterocycles. The topological polar surface area (TPSA) is 101 Å². The van der Waals surface area contributed by atoms with Crippen LogP contribution in [0, 0.1) is 0 Å². The third kappa shape index (κ3) is 3.80. The summed E-state index contributed by atoms with van der Waals surface area (Å²) in [4.78, 5) is 22.2.